The fraction of sp³-hybridized carbons (Fsp3) is 0.250. The molecule has 1 spiro atoms. The number of fused-ring (bicyclic) bond motifs is 5. The zero-order valence-electron chi connectivity index (χ0n) is 19.1. The molecule has 1 fully saturated rings. The van der Waals surface area contributed by atoms with Crippen molar-refractivity contribution < 1.29 is 9.59 Å². The number of nitrogens with zero attached hydrogens (tertiary/aromatic N) is 1. The largest absolute Gasteiger partial charge is 0.357 e. The van der Waals surface area contributed by atoms with Gasteiger partial charge in [0.1, 0.15) is 0 Å². The lowest BCUT2D eigenvalue weighted by Gasteiger charge is -2.24. The maximum absolute atomic E-state index is 12.9. The van der Waals surface area contributed by atoms with Gasteiger partial charge in [0.25, 0.3) is 11.8 Å². The van der Waals surface area contributed by atoms with Gasteiger partial charge < -0.3 is 15.6 Å². The molecule has 0 unspecified atom stereocenters. The van der Waals surface area contributed by atoms with Crippen LogP contribution in [0.15, 0.2) is 54.0 Å². The summed E-state index contributed by atoms with van der Waals surface area (Å²) in [4.78, 5) is 34.6. The molecule has 3 aliphatic rings. The van der Waals surface area contributed by atoms with Gasteiger partial charge in [0.2, 0.25) is 0 Å². The fourth-order valence-corrected chi connectivity index (χ4v) is 6.23. The number of amides is 2. The van der Waals surface area contributed by atoms with E-state index in [0.29, 0.717) is 11.4 Å². The summed E-state index contributed by atoms with van der Waals surface area (Å²) in [6.07, 6.45) is 6.68. The van der Waals surface area contributed by atoms with Crippen LogP contribution in [0.25, 0.3) is 22.5 Å². The van der Waals surface area contributed by atoms with Gasteiger partial charge in [0, 0.05) is 46.9 Å². The number of thiophene rings is 1. The zero-order chi connectivity index (χ0) is 23.6. The van der Waals surface area contributed by atoms with Crippen molar-refractivity contribution in [3.63, 3.8) is 0 Å². The van der Waals surface area contributed by atoms with Gasteiger partial charge in [-0.1, -0.05) is 30.3 Å². The summed E-state index contributed by atoms with van der Waals surface area (Å²) in [5.41, 5.74) is 9.25. The van der Waals surface area contributed by atoms with Crippen LogP contribution in [-0.2, 0) is 25.8 Å². The smallest absolute Gasteiger partial charge is 0.261 e. The summed E-state index contributed by atoms with van der Waals surface area (Å²) in [5, 5.41) is 8.23. The summed E-state index contributed by atoms with van der Waals surface area (Å²) in [7, 11) is 0. The van der Waals surface area contributed by atoms with Gasteiger partial charge in [-0.3, -0.25) is 14.6 Å². The first kappa shape index (κ1) is 20.6. The Labute approximate surface area is 206 Å². The van der Waals surface area contributed by atoms with E-state index in [1.165, 1.54) is 16.9 Å². The van der Waals surface area contributed by atoms with E-state index in [0.717, 1.165) is 77.0 Å². The summed E-state index contributed by atoms with van der Waals surface area (Å²) in [6, 6.07) is 13.9. The lowest BCUT2D eigenvalue weighted by Crippen LogP contribution is -2.43. The van der Waals surface area contributed by atoms with Crippen molar-refractivity contribution in [2.24, 2.45) is 0 Å². The van der Waals surface area contributed by atoms with Gasteiger partial charge >= 0.3 is 0 Å². The second-order valence-electron chi connectivity index (χ2n) is 9.84. The van der Waals surface area contributed by atoms with Crippen LogP contribution in [0.1, 0.15) is 55.3 Å². The predicted octanol–water partition coefficient (Wildman–Crippen LogP) is 4.65. The number of rotatable bonds is 4. The van der Waals surface area contributed by atoms with Crippen molar-refractivity contribution in [1.29, 1.82) is 0 Å². The van der Waals surface area contributed by atoms with Crippen LogP contribution < -0.4 is 10.6 Å². The van der Waals surface area contributed by atoms with Gasteiger partial charge in [-0.2, -0.15) is 0 Å². The first-order valence-corrected chi connectivity index (χ1v) is 12.9. The van der Waals surface area contributed by atoms with E-state index in [4.69, 9.17) is 4.98 Å². The van der Waals surface area contributed by atoms with E-state index in [1.54, 1.807) is 0 Å². The summed E-state index contributed by atoms with van der Waals surface area (Å²) < 4.78 is 0. The van der Waals surface area contributed by atoms with Crippen LogP contribution in [0.5, 0.6) is 0 Å². The Morgan fingerprint density at radius 1 is 1.14 bits per heavy atom. The third-order valence-corrected chi connectivity index (χ3v) is 8.40. The normalized spacial score (nSPS) is 16.7. The molecule has 4 aromatic rings. The Morgan fingerprint density at radius 2 is 2.00 bits per heavy atom. The maximum Gasteiger partial charge on any atom is 0.261 e. The molecule has 35 heavy (non-hydrogen) atoms. The van der Waals surface area contributed by atoms with Crippen molar-refractivity contribution in [2.45, 2.75) is 44.2 Å². The second-order valence-corrected chi connectivity index (χ2v) is 10.7. The Balaban J connectivity index is 1.17. The Morgan fingerprint density at radius 3 is 2.83 bits per heavy atom. The number of benzene rings is 1. The number of nitrogens with one attached hydrogen (secondary N) is 3. The molecule has 0 atom stereocenters. The third kappa shape index (κ3) is 3.49. The van der Waals surface area contributed by atoms with Gasteiger partial charge in [-0.05, 0) is 54.5 Å². The minimum absolute atomic E-state index is 0.0159. The highest BCUT2D eigenvalue weighted by atomic mass is 32.1. The molecule has 3 N–H and O–H groups in total. The van der Waals surface area contributed by atoms with Crippen molar-refractivity contribution >= 4 is 23.2 Å². The summed E-state index contributed by atoms with van der Waals surface area (Å²) in [5.74, 6) is -0.00891. The lowest BCUT2D eigenvalue weighted by molar-refractivity contribution is 0.0916. The quantitative estimate of drug-likeness (QED) is 0.397. The van der Waals surface area contributed by atoms with E-state index in [1.807, 2.05) is 48.0 Å². The molecule has 7 heteroatoms. The van der Waals surface area contributed by atoms with E-state index in [2.05, 4.69) is 21.7 Å². The molecule has 2 aliphatic carbocycles. The molecule has 0 bridgehead atoms. The Hall–Kier alpha value is -3.71. The fourth-order valence-electron chi connectivity index (χ4n) is 5.41. The van der Waals surface area contributed by atoms with E-state index in [9.17, 15) is 9.59 Å². The highest BCUT2D eigenvalue weighted by Crippen LogP contribution is 2.45. The molecule has 6 nitrogen and oxygen atoms in total. The van der Waals surface area contributed by atoms with Crippen LogP contribution in [-0.4, -0.2) is 27.3 Å². The van der Waals surface area contributed by atoms with Crippen LogP contribution >= 0.6 is 11.3 Å². The highest BCUT2D eigenvalue weighted by Gasteiger charge is 2.49. The minimum atomic E-state index is -0.0811. The molecule has 0 saturated heterocycles. The van der Waals surface area contributed by atoms with Crippen molar-refractivity contribution in [3.8, 4) is 22.5 Å². The van der Waals surface area contributed by atoms with Crippen LogP contribution in [0.4, 0.5) is 0 Å². The third-order valence-electron chi connectivity index (χ3n) is 7.47. The molecule has 4 heterocycles. The molecule has 1 aliphatic heterocycles. The molecule has 1 aromatic carbocycles. The number of aryl methyl sites for hydroxylation is 1. The maximum atomic E-state index is 12.9. The summed E-state index contributed by atoms with van der Waals surface area (Å²) >= 11 is 1.43. The molecule has 2 amide bonds. The molecule has 174 valence electrons. The first-order chi connectivity index (χ1) is 17.1. The number of aromatic amines is 1. The molecule has 3 aromatic heterocycles. The van der Waals surface area contributed by atoms with E-state index >= 15 is 0 Å². The van der Waals surface area contributed by atoms with Crippen molar-refractivity contribution in [1.82, 2.24) is 20.6 Å². The van der Waals surface area contributed by atoms with Crippen LogP contribution in [0, 0.1) is 0 Å². The number of hydrogen-bond acceptors (Lipinski definition) is 4. The molecular weight excluding hydrogens is 456 g/mol. The van der Waals surface area contributed by atoms with Gasteiger partial charge in [-0.15, -0.1) is 11.3 Å². The minimum Gasteiger partial charge on any atom is -0.357 e. The van der Waals surface area contributed by atoms with E-state index in [-0.39, 0.29) is 17.4 Å². The Kier molecular flexibility index (Phi) is 4.51. The molecule has 1 saturated carbocycles. The van der Waals surface area contributed by atoms with Crippen LogP contribution in [0.3, 0.4) is 0 Å². The number of pyridine rings is 1. The number of aromatic nitrogens is 2. The Bertz CT molecular complexity index is 1500. The standard InChI is InChI=1S/C28H24N4O2S/c33-26(30-13-16-4-2-1-3-5-16)23-10-18(15-35-23)21-11-20-17(14-29-21)6-7-19-24-22(31-25(19)20)12-28(8-9-28)32-27(24)34/h1-5,10-11,14-15,31H,6-9,12-13H2,(H,30,33)(H,32,34). The summed E-state index contributed by atoms with van der Waals surface area (Å²) in [6.45, 7) is 0.499. The zero-order valence-corrected chi connectivity index (χ0v) is 19.9. The second kappa shape index (κ2) is 7.65. The number of H-pyrrole nitrogens is 1. The topological polar surface area (TPSA) is 86.9 Å². The molecular formula is C28H24N4O2S. The molecule has 7 rings (SSSR count). The average Bonchev–Trinajstić information content (AvgIpc) is 3.28. The van der Waals surface area contributed by atoms with Gasteiger partial charge in [0.15, 0.2) is 0 Å². The molecule has 0 radical (unpaired) electrons. The van der Waals surface area contributed by atoms with Gasteiger partial charge in [0.05, 0.1) is 21.8 Å². The number of carbonyl (C=O) groups excluding carboxylic acids is 2. The SMILES string of the molecule is O=C(NCc1ccccc1)c1cc(-c2cc3c(cn2)CCc2c-3[nH]c3c2C(=O)NC2(CC2)C3)cs1. The van der Waals surface area contributed by atoms with Crippen LogP contribution in [0.2, 0.25) is 0 Å². The highest BCUT2D eigenvalue weighted by molar-refractivity contribution is 7.12. The monoisotopic (exact) mass is 480 g/mol. The lowest BCUT2D eigenvalue weighted by atomic mass is 9.87. The van der Waals surface area contributed by atoms with E-state index < -0.39 is 0 Å². The first-order valence-electron chi connectivity index (χ1n) is 12.1. The number of carbonyl (C=O) groups is 2. The van der Waals surface area contributed by atoms with Gasteiger partial charge in [-0.25, -0.2) is 0 Å². The van der Waals surface area contributed by atoms with Crippen molar-refractivity contribution in [2.75, 3.05) is 0 Å². The number of hydrogen-bond donors (Lipinski definition) is 3. The average molecular weight is 481 g/mol. The predicted molar refractivity (Wildman–Crippen MR) is 135 cm³/mol. The van der Waals surface area contributed by atoms with Crippen molar-refractivity contribution in [3.05, 3.63) is 86.9 Å².